The molecule has 2 N–H and O–H groups in total. The van der Waals surface area contributed by atoms with E-state index in [0.717, 1.165) is 23.5 Å². The SMILES string of the molecule is Cc1cc(CNC(=O)Nc2c(F)cccc2F)c(C)o1. The summed E-state index contributed by atoms with van der Waals surface area (Å²) in [6, 6.07) is 4.47. The van der Waals surface area contributed by atoms with Gasteiger partial charge in [-0.3, -0.25) is 0 Å². The number of hydrogen-bond donors (Lipinski definition) is 2. The molecule has 0 radical (unpaired) electrons. The van der Waals surface area contributed by atoms with E-state index in [4.69, 9.17) is 4.42 Å². The second-order valence-corrected chi connectivity index (χ2v) is 4.34. The van der Waals surface area contributed by atoms with Crippen LogP contribution in [-0.2, 0) is 6.54 Å². The van der Waals surface area contributed by atoms with Gasteiger partial charge in [0, 0.05) is 12.1 Å². The van der Waals surface area contributed by atoms with Gasteiger partial charge < -0.3 is 15.1 Å². The highest BCUT2D eigenvalue weighted by Crippen LogP contribution is 2.18. The number of rotatable bonds is 3. The average Bonchev–Trinajstić information content (AvgIpc) is 2.70. The number of urea groups is 1. The zero-order valence-electron chi connectivity index (χ0n) is 11.1. The molecular weight excluding hydrogens is 266 g/mol. The summed E-state index contributed by atoms with van der Waals surface area (Å²) in [5.41, 5.74) is 0.344. The first-order valence-electron chi connectivity index (χ1n) is 6.02. The summed E-state index contributed by atoms with van der Waals surface area (Å²) in [7, 11) is 0. The molecule has 20 heavy (non-hydrogen) atoms. The van der Waals surface area contributed by atoms with Crippen LogP contribution in [0.15, 0.2) is 28.7 Å². The fourth-order valence-electron chi connectivity index (χ4n) is 1.81. The lowest BCUT2D eigenvalue weighted by atomic mass is 10.2. The van der Waals surface area contributed by atoms with Gasteiger partial charge in [-0.1, -0.05) is 6.07 Å². The van der Waals surface area contributed by atoms with E-state index in [1.165, 1.54) is 6.07 Å². The molecule has 106 valence electrons. The van der Waals surface area contributed by atoms with Gasteiger partial charge in [-0.05, 0) is 32.0 Å². The number of anilines is 1. The van der Waals surface area contributed by atoms with Gasteiger partial charge in [-0.15, -0.1) is 0 Å². The predicted octanol–water partition coefficient (Wildman–Crippen LogP) is 3.50. The third-order valence-electron chi connectivity index (χ3n) is 2.78. The summed E-state index contributed by atoms with van der Waals surface area (Å²) in [6.45, 7) is 3.79. The molecule has 1 aromatic carbocycles. The van der Waals surface area contributed by atoms with Crippen LogP contribution in [-0.4, -0.2) is 6.03 Å². The van der Waals surface area contributed by atoms with Gasteiger partial charge in [-0.2, -0.15) is 0 Å². The Balaban J connectivity index is 1.98. The normalized spacial score (nSPS) is 10.4. The van der Waals surface area contributed by atoms with Crippen LogP contribution in [0, 0.1) is 25.5 Å². The molecule has 0 fully saturated rings. The Labute approximate surface area is 114 Å². The first-order chi connectivity index (χ1) is 9.47. The molecule has 4 nitrogen and oxygen atoms in total. The summed E-state index contributed by atoms with van der Waals surface area (Å²) in [5.74, 6) is -0.217. The maximum atomic E-state index is 13.3. The lowest BCUT2D eigenvalue weighted by molar-refractivity contribution is 0.251. The summed E-state index contributed by atoms with van der Waals surface area (Å²) in [6.07, 6.45) is 0. The first-order valence-corrected chi connectivity index (χ1v) is 6.02. The molecule has 0 unspecified atom stereocenters. The quantitative estimate of drug-likeness (QED) is 0.904. The van der Waals surface area contributed by atoms with Gasteiger partial charge in [0.1, 0.15) is 28.8 Å². The zero-order chi connectivity index (χ0) is 14.7. The Bertz CT molecular complexity index is 618. The monoisotopic (exact) mass is 280 g/mol. The molecule has 1 aromatic heterocycles. The Kier molecular flexibility index (Phi) is 4.02. The Morgan fingerprint density at radius 3 is 2.45 bits per heavy atom. The van der Waals surface area contributed by atoms with Crippen LogP contribution < -0.4 is 10.6 Å². The van der Waals surface area contributed by atoms with Gasteiger partial charge in [0.25, 0.3) is 0 Å². The number of amides is 2. The zero-order valence-corrected chi connectivity index (χ0v) is 11.1. The highest BCUT2D eigenvalue weighted by atomic mass is 19.1. The molecule has 0 aliphatic heterocycles. The predicted molar refractivity (Wildman–Crippen MR) is 70.4 cm³/mol. The Morgan fingerprint density at radius 2 is 1.90 bits per heavy atom. The smallest absolute Gasteiger partial charge is 0.319 e. The van der Waals surface area contributed by atoms with E-state index in [1.807, 2.05) is 0 Å². The number of halogens is 2. The number of hydrogen-bond acceptors (Lipinski definition) is 2. The van der Waals surface area contributed by atoms with E-state index < -0.39 is 23.4 Å². The van der Waals surface area contributed by atoms with Crippen molar-refractivity contribution in [3.05, 3.63) is 53.0 Å². The van der Waals surface area contributed by atoms with Crippen molar-refractivity contribution in [2.75, 3.05) is 5.32 Å². The van der Waals surface area contributed by atoms with E-state index >= 15 is 0 Å². The van der Waals surface area contributed by atoms with Crippen molar-refractivity contribution in [3.8, 4) is 0 Å². The molecule has 2 aromatic rings. The third kappa shape index (κ3) is 3.14. The minimum atomic E-state index is -0.824. The van der Waals surface area contributed by atoms with Gasteiger partial charge in [0.05, 0.1) is 0 Å². The van der Waals surface area contributed by atoms with Crippen molar-refractivity contribution < 1.29 is 18.0 Å². The number of carbonyl (C=O) groups is 1. The van der Waals surface area contributed by atoms with Crippen molar-refractivity contribution in [1.82, 2.24) is 5.32 Å². The fraction of sp³-hybridized carbons (Fsp3) is 0.214. The van der Waals surface area contributed by atoms with Crippen LogP contribution in [0.2, 0.25) is 0 Å². The van der Waals surface area contributed by atoms with Crippen LogP contribution in [0.25, 0.3) is 0 Å². The highest BCUT2D eigenvalue weighted by molar-refractivity contribution is 5.89. The van der Waals surface area contributed by atoms with Gasteiger partial charge >= 0.3 is 6.03 Å². The number of furan rings is 1. The van der Waals surface area contributed by atoms with Crippen molar-refractivity contribution in [3.63, 3.8) is 0 Å². The summed E-state index contributed by atoms with van der Waals surface area (Å²) in [4.78, 5) is 11.6. The standard InChI is InChI=1S/C14H14F2N2O2/c1-8-6-10(9(2)20-8)7-17-14(19)18-13-11(15)4-3-5-12(13)16/h3-6H,7H2,1-2H3,(H2,17,18,19). The second-order valence-electron chi connectivity index (χ2n) is 4.34. The molecule has 0 bridgehead atoms. The molecule has 0 aliphatic carbocycles. The lowest BCUT2D eigenvalue weighted by Gasteiger charge is -2.08. The number of carbonyl (C=O) groups excluding carboxylic acids is 1. The molecule has 0 aliphatic rings. The van der Waals surface area contributed by atoms with Gasteiger partial charge in [0.15, 0.2) is 0 Å². The lowest BCUT2D eigenvalue weighted by Crippen LogP contribution is -2.29. The van der Waals surface area contributed by atoms with E-state index in [9.17, 15) is 13.6 Å². The minimum absolute atomic E-state index is 0.213. The van der Waals surface area contributed by atoms with E-state index in [1.54, 1.807) is 19.9 Å². The van der Waals surface area contributed by atoms with E-state index in [2.05, 4.69) is 10.6 Å². The summed E-state index contributed by atoms with van der Waals surface area (Å²) >= 11 is 0. The van der Waals surface area contributed by atoms with Crippen molar-refractivity contribution in [2.45, 2.75) is 20.4 Å². The van der Waals surface area contributed by atoms with Crippen molar-refractivity contribution >= 4 is 11.7 Å². The molecule has 6 heteroatoms. The average molecular weight is 280 g/mol. The van der Waals surface area contributed by atoms with Crippen LogP contribution in [0.3, 0.4) is 0 Å². The first kappa shape index (κ1) is 14.0. The van der Waals surface area contributed by atoms with Gasteiger partial charge in [-0.25, -0.2) is 13.6 Å². The van der Waals surface area contributed by atoms with Crippen molar-refractivity contribution in [2.24, 2.45) is 0 Å². The molecule has 0 spiro atoms. The number of nitrogens with one attached hydrogen (secondary N) is 2. The number of aryl methyl sites for hydroxylation is 2. The molecule has 2 rings (SSSR count). The topological polar surface area (TPSA) is 54.3 Å². The minimum Gasteiger partial charge on any atom is -0.466 e. The molecular formula is C14H14F2N2O2. The summed E-state index contributed by atoms with van der Waals surface area (Å²) in [5, 5.41) is 4.66. The number of benzene rings is 1. The maximum Gasteiger partial charge on any atom is 0.319 e. The van der Waals surface area contributed by atoms with E-state index in [0.29, 0.717) is 5.76 Å². The molecule has 0 saturated heterocycles. The summed E-state index contributed by atoms with van der Waals surface area (Å²) < 4.78 is 32.0. The fourth-order valence-corrected chi connectivity index (χ4v) is 1.81. The molecule has 0 saturated carbocycles. The second kappa shape index (κ2) is 5.73. The van der Waals surface area contributed by atoms with Gasteiger partial charge in [0.2, 0.25) is 0 Å². The largest absolute Gasteiger partial charge is 0.466 e. The molecule has 2 amide bonds. The highest BCUT2D eigenvalue weighted by Gasteiger charge is 2.12. The van der Waals surface area contributed by atoms with Crippen LogP contribution in [0.1, 0.15) is 17.1 Å². The Morgan fingerprint density at radius 1 is 1.25 bits per heavy atom. The maximum absolute atomic E-state index is 13.3. The van der Waals surface area contributed by atoms with Crippen molar-refractivity contribution in [1.29, 1.82) is 0 Å². The third-order valence-corrected chi connectivity index (χ3v) is 2.78. The van der Waals surface area contributed by atoms with Crippen LogP contribution >= 0.6 is 0 Å². The van der Waals surface area contributed by atoms with Crippen LogP contribution in [0.5, 0.6) is 0 Å². The molecule has 0 atom stereocenters. The molecule has 1 heterocycles. The number of para-hydroxylation sites is 1. The van der Waals surface area contributed by atoms with Crippen LogP contribution in [0.4, 0.5) is 19.3 Å². The Hall–Kier alpha value is -2.37. The van der Waals surface area contributed by atoms with E-state index in [-0.39, 0.29) is 6.54 Å².